The Kier molecular flexibility index (Phi) is 22.2. The van der Waals surface area contributed by atoms with Crippen molar-refractivity contribution >= 4 is 49.7 Å². The Morgan fingerprint density at radius 3 is 2.20 bits per heavy atom. The smallest absolute Gasteiger partial charge is 0.280 e. The summed E-state index contributed by atoms with van der Waals surface area (Å²) in [5.41, 5.74) is 1.66. The molecule has 7 aliphatic rings. The van der Waals surface area contributed by atoms with Gasteiger partial charge in [-0.05, 0) is 87.5 Å². The second kappa shape index (κ2) is 30.1. The number of amides is 3. The molecule has 8 heterocycles. The number of aromatic nitrogens is 1. The third kappa shape index (κ3) is 14.9. The highest BCUT2D eigenvalue weighted by atomic mass is 32.2. The Bertz CT molecular complexity index is 4100. The van der Waals surface area contributed by atoms with Gasteiger partial charge in [-0.1, -0.05) is 42.5 Å². The second-order valence-electron chi connectivity index (χ2n) is 25.9. The largest absolute Gasteiger partial charge is 0.507 e. The number of carbonyl (C=O) groups is 3. The maximum atomic E-state index is 14.2. The molecule has 2 aromatic heterocycles. The number of likely N-dealkylation sites (N-methyl/N-ethyl adjacent to an activating group) is 1. The van der Waals surface area contributed by atoms with Crippen LogP contribution in [0.5, 0.6) is 28.7 Å². The fourth-order valence-electron chi connectivity index (χ4n) is 14.3. The average molecular weight is 1420 g/mol. The molecule has 3 amide bonds. The normalized spacial score (nSPS) is 30.9. The van der Waals surface area contributed by atoms with Gasteiger partial charge in [0.25, 0.3) is 21.9 Å². The standard InChI is InChI=1S/C33H37N5O5.C33H42O19.CH4O3S/c1-32(35-29(39)21-15-23-22-10-6-11-24-28(22)20(17-34-24)16-25(23)36(2)18-21)31(41)38-26(14-19-8-4-3-5-9-19)30(40)37-13-7-12-27(37)33(38,42)43-32;1-14-23(38)26(41)28(43)32(49-14)48-13-21-24(39)27(42)29(44)33(51-21)52-31-25(40)22-17(37)11-16(45-7-4-34)12-20(22)50-30(31)15-2-3-18(46-8-5-35)19(10-15)47-9-6-36;1-5(2,3)4/h3-6,8-11,17,21,23,25-27,34,42H,7,12-16,18H2,1-2H3,(H,35,39);2-3,10-12,14,21,23-24,26-29,32-39,41-44H,4-9,13H2,1H3;1H3,(H,2,3,4). The van der Waals surface area contributed by atoms with Gasteiger partial charge in [0.2, 0.25) is 35.0 Å². The van der Waals surface area contributed by atoms with Gasteiger partial charge in [0.15, 0.2) is 23.5 Å². The van der Waals surface area contributed by atoms with E-state index in [9.17, 15) is 83.8 Å². The number of carbonyl (C=O) groups excluding carboxylic acids is 3. The summed E-state index contributed by atoms with van der Waals surface area (Å²) < 4.78 is 77.2. The number of hydrogen-bond donors (Lipinski definition) is 14. The van der Waals surface area contributed by atoms with Gasteiger partial charge in [-0.15, -0.1) is 0 Å². The van der Waals surface area contributed by atoms with Crippen molar-refractivity contribution in [2.45, 2.75) is 143 Å². The molecule has 0 spiro atoms. The van der Waals surface area contributed by atoms with Gasteiger partial charge in [-0.2, -0.15) is 8.42 Å². The lowest BCUT2D eigenvalue weighted by Gasteiger charge is -2.48. The highest BCUT2D eigenvalue weighted by Gasteiger charge is 2.70. The third-order valence-electron chi connectivity index (χ3n) is 18.9. The lowest BCUT2D eigenvalue weighted by molar-refractivity contribution is -0.318. The minimum Gasteiger partial charge on any atom is -0.507 e. The van der Waals surface area contributed by atoms with Crippen molar-refractivity contribution in [1.82, 2.24) is 25.0 Å². The van der Waals surface area contributed by atoms with Gasteiger partial charge in [0, 0.05) is 66.3 Å². The van der Waals surface area contributed by atoms with Gasteiger partial charge in [-0.25, -0.2) is 0 Å². The summed E-state index contributed by atoms with van der Waals surface area (Å²) in [4.78, 5) is 64.5. The zero-order chi connectivity index (χ0) is 71.9. The van der Waals surface area contributed by atoms with Gasteiger partial charge in [0.05, 0.1) is 44.7 Å². The van der Waals surface area contributed by atoms with Crippen LogP contribution in [0, 0.1) is 5.92 Å². The van der Waals surface area contributed by atoms with Crippen molar-refractivity contribution in [3.05, 3.63) is 112 Å². The molecule has 14 N–H and O–H groups in total. The quantitative estimate of drug-likeness (QED) is 0.0428. The number of hydrogen-bond acceptors (Lipinski definition) is 27. The molecule has 544 valence electrons. The Labute approximate surface area is 572 Å². The van der Waals surface area contributed by atoms with Crippen molar-refractivity contribution < 1.29 is 126 Å². The van der Waals surface area contributed by atoms with E-state index in [2.05, 4.69) is 46.6 Å². The van der Waals surface area contributed by atoms with Gasteiger partial charge in [-0.3, -0.25) is 33.4 Å². The first kappa shape index (κ1) is 73.6. The number of benzene rings is 4. The van der Waals surface area contributed by atoms with Crippen LogP contribution in [0.4, 0.5) is 0 Å². The molecule has 6 fully saturated rings. The van der Waals surface area contributed by atoms with Crippen LogP contribution in [0.2, 0.25) is 0 Å². The van der Waals surface area contributed by atoms with Crippen molar-refractivity contribution in [1.29, 1.82) is 0 Å². The maximum absolute atomic E-state index is 14.2. The molecule has 1 aliphatic carbocycles. The number of aliphatic hydroxyl groups excluding tert-OH is 9. The first-order chi connectivity index (χ1) is 47.6. The number of nitrogens with one attached hydrogen (secondary N) is 2. The van der Waals surface area contributed by atoms with Crippen LogP contribution < -0.4 is 29.7 Å². The fourth-order valence-corrected chi connectivity index (χ4v) is 14.3. The Morgan fingerprint density at radius 2 is 1.49 bits per heavy atom. The number of aromatic hydroxyl groups is 1. The summed E-state index contributed by atoms with van der Waals surface area (Å²) in [6.07, 6.45) is -10.5. The molecule has 4 aromatic carbocycles. The van der Waals surface area contributed by atoms with Gasteiger partial charge in [0.1, 0.15) is 97.1 Å². The number of aromatic amines is 1. The number of phenolic OH excluding ortho intramolecular Hbond substituents is 1. The average Bonchev–Trinajstić information content (AvgIpc) is 1.53. The molecule has 100 heavy (non-hydrogen) atoms. The highest BCUT2D eigenvalue weighted by Crippen LogP contribution is 2.48. The predicted molar refractivity (Wildman–Crippen MR) is 348 cm³/mol. The van der Waals surface area contributed by atoms with Crippen molar-refractivity contribution in [2.75, 3.05) is 72.6 Å². The number of aliphatic hydroxyl groups is 10. The zero-order valence-electron chi connectivity index (χ0n) is 54.9. The molecule has 6 aliphatic heterocycles. The van der Waals surface area contributed by atoms with Crippen LogP contribution in [-0.2, 0) is 56.3 Å². The molecular weight excluding hydrogens is 1340 g/mol. The number of phenols is 1. The van der Waals surface area contributed by atoms with E-state index in [-0.39, 0.29) is 115 Å². The van der Waals surface area contributed by atoms with E-state index in [0.717, 1.165) is 23.6 Å². The van der Waals surface area contributed by atoms with Crippen LogP contribution in [0.1, 0.15) is 55.7 Å². The summed E-state index contributed by atoms with van der Waals surface area (Å²) in [6, 6.07) is 21.0. The number of ether oxygens (including phenoxy) is 8. The van der Waals surface area contributed by atoms with E-state index in [1.54, 1.807) is 4.90 Å². The lowest BCUT2D eigenvalue weighted by Crippen LogP contribution is -2.71. The first-order valence-corrected chi connectivity index (χ1v) is 34.4. The van der Waals surface area contributed by atoms with Crippen LogP contribution in [0.15, 0.2) is 94.3 Å². The van der Waals surface area contributed by atoms with E-state index >= 15 is 0 Å². The molecular formula is C67H83N5O27S. The number of piperidine rings is 1. The van der Waals surface area contributed by atoms with Crippen molar-refractivity contribution in [2.24, 2.45) is 5.92 Å². The first-order valence-electron chi connectivity index (χ1n) is 32.6. The molecule has 6 saturated heterocycles. The minimum absolute atomic E-state index is 0.0380. The number of H-pyrrole nitrogens is 1. The molecule has 0 radical (unpaired) electrons. The van der Waals surface area contributed by atoms with Gasteiger partial charge < -0.3 is 114 Å². The summed E-state index contributed by atoms with van der Waals surface area (Å²) in [7, 11) is -1.61. The van der Waals surface area contributed by atoms with E-state index in [0.29, 0.717) is 38.6 Å². The maximum Gasteiger partial charge on any atom is 0.280 e. The SMILES string of the molecule is CC1OC(OCC2OC(Oc3c(-c4ccc(OCCO)c(OCCO)c4)oc4cc(OCCO)cc(O)c4c3=O)C(O)C(O)C2O)C(O)C(O)C1O.CN1CC(C(=O)NC2(C)OC3(O)C4CCCN4C(=O)C(Cc4ccccc4)N3C2=O)CC2c3cccc4[nH]cc(c34)CC21.CS(=O)(=O)O. The Hall–Kier alpha value is -7.65. The minimum atomic E-state index is -3.67. The predicted octanol–water partition coefficient (Wildman–Crippen LogP) is -1.11. The van der Waals surface area contributed by atoms with Crippen LogP contribution in [-0.4, -0.2) is 270 Å². The van der Waals surface area contributed by atoms with Crippen molar-refractivity contribution in [3.63, 3.8) is 0 Å². The summed E-state index contributed by atoms with van der Waals surface area (Å²) in [5.74, 6) is -4.62. The molecule has 0 saturated carbocycles. The number of rotatable bonds is 19. The molecule has 33 heteroatoms. The number of nitrogens with zero attached hydrogens (tertiary/aromatic N) is 3. The zero-order valence-corrected chi connectivity index (χ0v) is 55.7. The monoisotopic (exact) mass is 1420 g/mol. The topological polar surface area (TPSA) is 470 Å². The molecule has 17 unspecified atom stereocenters. The van der Waals surface area contributed by atoms with E-state index < -0.39 is 125 Å². The van der Waals surface area contributed by atoms with Crippen molar-refractivity contribution in [3.8, 4) is 40.1 Å². The molecule has 13 rings (SSSR count). The Morgan fingerprint density at radius 1 is 0.810 bits per heavy atom. The Balaban J connectivity index is 0.000000191. The molecule has 32 nitrogen and oxygen atoms in total. The fraction of sp³-hybridized carbons (Fsp3) is 0.522. The van der Waals surface area contributed by atoms with Gasteiger partial charge >= 0.3 is 0 Å². The second-order valence-corrected chi connectivity index (χ2v) is 27.3. The number of likely N-dealkylation sites (tertiary alicyclic amines) is 1. The number of fused-ring (bicyclic) bond motifs is 6. The van der Waals surface area contributed by atoms with E-state index in [1.807, 2.05) is 30.3 Å². The van der Waals surface area contributed by atoms with Crippen LogP contribution >= 0.6 is 0 Å². The summed E-state index contributed by atoms with van der Waals surface area (Å²) in [6.45, 7) is 1.91. The summed E-state index contributed by atoms with van der Waals surface area (Å²) in [5, 5.41) is 117. The molecule has 6 aromatic rings. The summed E-state index contributed by atoms with van der Waals surface area (Å²) >= 11 is 0. The van der Waals surface area contributed by atoms with E-state index in [4.69, 9.17) is 46.9 Å². The lowest BCUT2D eigenvalue weighted by atomic mass is 9.72. The highest BCUT2D eigenvalue weighted by molar-refractivity contribution is 7.85. The van der Waals surface area contributed by atoms with E-state index in [1.165, 1.54) is 59.5 Å². The molecule has 17 atom stereocenters. The molecule has 0 bridgehead atoms. The van der Waals surface area contributed by atoms with Crippen LogP contribution in [0.25, 0.3) is 33.2 Å². The van der Waals surface area contributed by atoms with Crippen LogP contribution in [0.3, 0.4) is 0 Å². The number of piperazine rings is 1. The third-order valence-corrected chi connectivity index (χ3v) is 18.9.